The first-order valence-corrected chi connectivity index (χ1v) is 6.42. The first-order valence-electron chi connectivity index (χ1n) is 6.42. The maximum Gasteiger partial charge on any atom is 0.242 e. The Balaban J connectivity index is 2.16. The predicted molar refractivity (Wildman–Crippen MR) is 72.0 cm³/mol. The number of carbonyl (C=O) groups excluding carboxylic acids is 1. The summed E-state index contributed by atoms with van der Waals surface area (Å²) in [7, 11) is 0. The van der Waals surface area contributed by atoms with Crippen molar-refractivity contribution < 1.29 is 9.53 Å². The minimum Gasteiger partial charge on any atom is -0.377 e. The average Bonchev–Trinajstić information content (AvgIpc) is 2.45. The second-order valence-electron chi connectivity index (χ2n) is 4.37. The standard InChI is InChI=1S/C12H19N5O2/c1-2-3-14-10-6-11(16-8-15-10)17-4-5-19-7-9(17)12(13)18/h6,8-9H,2-5,7H2,1H3,(H2,13,18)(H,14,15,16). The summed E-state index contributed by atoms with van der Waals surface area (Å²) in [5.74, 6) is 1.05. The van der Waals surface area contributed by atoms with Crippen LogP contribution < -0.4 is 16.0 Å². The van der Waals surface area contributed by atoms with Crippen LogP contribution in [0.4, 0.5) is 11.6 Å². The molecule has 0 aliphatic carbocycles. The minimum absolute atomic E-state index is 0.303. The SMILES string of the molecule is CCCNc1cc(N2CCOCC2C(N)=O)ncn1. The van der Waals surface area contributed by atoms with Gasteiger partial charge in [0.05, 0.1) is 13.2 Å². The molecule has 2 rings (SSSR count). The quantitative estimate of drug-likeness (QED) is 0.777. The Bertz CT molecular complexity index is 440. The number of rotatable bonds is 5. The van der Waals surface area contributed by atoms with Gasteiger partial charge < -0.3 is 20.7 Å². The number of hydrogen-bond acceptors (Lipinski definition) is 6. The van der Waals surface area contributed by atoms with Crippen molar-refractivity contribution in [1.82, 2.24) is 9.97 Å². The van der Waals surface area contributed by atoms with E-state index < -0.39 is 11.9 Å². The van der Waals surface area contributed by atoms with Crippen LogP contribution >= 0.6 is 0 Å². The van der Waals surface area contributed by atoms with E-state index in [1.165, 1.54) is 6.33 Å². The Labute approximate surface area is 112 Å². The van der Waals surface area contributed by atoms with Gasteiger partial charge in [-0.2, -0.15) is 0 Å². The molecule has 0 aromatic carbocycles. The number of nitrogens with one attached hydrogen (secondary N) is 1. The van der Waals surface area contributed by atoms with Crippen LogP contribution in [-0.2, 0) is 9.53 Å². The summed E-state index contributed by atoms with van der Waals surface area (Å²) in [6.45, 7) is 4.39. The van der Waals surface area contributed by atoms with Crippen molar-refractivity contribution in [3.63, 3.8) is 0 Å². The molecule has 1 unspecified atom stereocenters. The van der Waals surface area contributed by atoms with Crippen LogP contribution in [0.5, 0.6) is 0 Å². The van der Waals surface area contributed by atoms with Crippen LogP contribution in [0.2, 0.25) is 0 Å². The molecule has 104 valence electrons. The molecular weight excluding hydrogens is 246 g/mol. The van der Waals surface area contributed by atoms with Crippen LogP contribution in [0, 0.1) is 0 Å². The molecule has 1 aliphatic rings. The van der Waals surface area contributed by atoms with Gasteiger partial charge in [0.25, 0.3) is 0 Å². The molecule has 0 saturated carbocycles. The lowest BCUT2D eigenvalue weighted by Gasteiger charge is -2.34. The Kier molecular flexibility index (Phi) is 4.51. The molecule has 3 N–H and O–H groups in total. The summed E-state index contributed by atoms with van der Waals surface area (Å²) >= 11 is 0. The largest absolute Gasteiger partial charge is 0.377 e. The Morgan fingerprint density at radius 3 is 3.21 bits per heavy atom. The number of primary amides is 1. The molecule has 1 fully saturated rings. The molecule has 7 heteroatoms. The number of hydrogen-bond donors (Lipinski definition) is 2. The van der Waals surface area contributed by atoms with Gasteiger partial charge in [0.15, 0.2) is 0 Å². The molecule has 0 spiro atoms. The number of carbonyl (C=O) groups is 1. The van der Waals surface area contributed by atoms with Gasteiger partial charge in [-0.1, -0.05) is 6.92 Å². The number of amides is 1. The second-order valence-corrected chi connectivity index (χ2v) is 4.37. The van der Waals surface area contributed by atoms with E-state index in [-0.39, 0.29) is 0 Å². The maximum absolute atomic E-state index is 11.4. The van der Waals surface area contributed by atoms with Gasteiger partial charge in [0.1, 0.15) is 24.0 Å². The summed E-state index contributed by atoms with van der Waals surface area (Å²) in [6, 6.07) is 1.36. The van der Waals surface area contributed by atoms with E-state index in [0.717, 1.165) is 18.8 Å². The maximum atomic E-state index is 11.4. The predicted octanol–water partition coefficient (Wildman–Crippen LogP) is -0.0110. The van der Waals surface area contributed by atoms with E-state index in [1.54, 1.807) is 0 Å². The first-order chi connectivity index (χ1) is 9.22. The highest BCUT2D eigenvalue weighted by Crippen LogP contribution is 2.19. The molecule has 1 amide bonds. The number of anilines is 2. The fourth-order valence-electron chi connectivity index (χ4n) is 1.97. The van der Waals surface area contributed by atoms with E-state index in [2.05, 4.69) is 22.2 Å². The molecule has 0 radical (unpaired) electrons. The summed E-state index contributed by atoms with van der Waals surface area (Å²) in [5, 5.41) is 3.19. The molecule has 0 bridgehead atoms. The number of aromatic nitrogens is 2. The number of nitrogens with zero attached hydrogens (tertiary/aromatic N) is 3. The van der Waals surface area contributed by atoms with Gasteiger partial charge in [-0.25, -0.2) is 9.97 Å². The van der Waals surface area contributed by atoms with Crippen LogP contribution in [0.1, 0.15) is 13.3 Å². The van der Waals surface area contributed by atoms with E-state index >= 15 is 0 Å². The van der Waals surface area contributed by atoms with Crippen molar-refractivity contribution in [2.45, 2.75) is 19.4 Å². The zero-order chi connectivity index (χ0) is 13.7. The lowest BCUT2D eigenvalue weighted by atomic mass is 10.2. The zero-order valence-electron chi connectivity index (χ0n) is 11.0. The molecule has 7 nitrogen and oxygen atoms in total. The van der Waals surface area contributed by atoms with E-state index in [9.17, 15) is 4.79 Å². The van der Waals surface area contributed by atoms with Crippen LogP contribution in [0.15, 0.2) is 12.4 Å². The van der Waals surface area contributed by atoms with Gasteiger partial charge in [-0.05, 0) is 6.42 Å². The van der Waals surface area contributed by atoms with Crippen molar-refractivity contribution in [3.05, 3.63) is 12.4 Å². The molecule has 1 saturated heterocycles. The highest BCUT2D eigenvalue weighted by Gasteiger charge is 2.28. The number of morpholine rings is 1. The molecule has 1 atom stereocenters. The highest BCUT2D eigenvalue weighted by atomic mass is 16.5. The molecule has 1 aromatic heterocycles. The summed E-state index contributed by atoms with van der Waals surface area (Å²) in [4.78, 5) is 21.7. The second kappa shape index (κ2) is 6.33. The van der Waals surface area contributed by atoms with Gasteiger partial charge >= 0.3 is 0 Å². The molecule has 1 aliphatic heterocycles. The number of nitrogens with two attached hydrogens (primary N) is 1. The van der Waals surface area contributed by atoms with Crippen LogP contribution in [0.25, 0.3) is 0 Å². The summed E-state index contributed by atoms with van der Waals surface area (Å²) < 4.78 is 5.29. The first kappa shape index (κ1) is 13.5. The summed E-state index contributed by atoms with van der Waals surface area (Å²) in [5.41, 5.74) is 5.39. The monoisotopic (exact) mass is 265 g/mol. The minimum atomic E-state index is -0.470. The third kappa shape index (κ3) is 3.31. The third-order valence-corrected chi connectivity index (χ3v) is 2.96. The van der Waals surface area contributed by atoms with Crippen molar-refractivity contribution in [3.8, 4) is 0 Å². The van der Waals surface area contributed by atoms with E-state index in [0.29, 0.717) is 25.6 Å². The number of ether oxygens (including phenoxy) is 1. The Morgan fingerprint density at radius 1 is 1.63 bits per heavy atom. The smallest absolute Gasteiger partial charge is 0.242 e. The fraction of sp³-hybridized carbons (Fsp3) is 0.583. The molecular formula is C12H19N5O2. The lowest BCUT2D eigenvalue weighted by Crippen LogP contribution is -2.53. The van der Waals surface area contributed by atoms with Crippen molar-refractivity contribution in [1.29, 1.82) is 0 Å². The average molecular weight is 265 g/mol. The fourth-order valence-corrected chi connectivity index (χ4v) is 1.97. The lowest BCUT2D eigenvalue weighted by molar-refractivity contribution is -0.121. The Morgan fingerprint density at radius 2 is 2.47 bits per heavy atom. The van der Waals surface area contributed by atoms with Gasteiger partial charge in [-0.3, -0.25) is 4.79 Å². The van der Waals surface area contributed by atoms with Crippen molar-refractivity contribution in [2.75, 3.05) is 36.5 Å². The van der Waals surface area contributed by atoms with Gasteiger partial charge in [0, 0.05) is 19.2 Å². The third-order valence-electron chi connectivity index (χ3n) is 2.96. The molecule has 1 aromatic rings. The van der Waals surface area contributed by atoms with Gasteiger partial charge in [-0.15, -0.1) is 0 Å². The zero-order valence-corrected chi connectivity index (χ0v) is 11.0. The van der Waals surface area contributed by atoms with E-state index in [4.69, 9.17) is 10.5 Å². The molecule has 2 heterocycles. The van der Waals surface area contributed by atoms with E-state index in [1.807, 2.05) is 11.0 Å². The van der Waals surface area contributed by atoms with Crippen LogP contribution in [0.3, 0.4) is 0 Å². The van der Waals surface area contributed by atoms with Gasteiger partial charge in [0.2, 0.25) is 5.91 Å². The van der Waals surface area contributed by atoms with Crippen LogP contribution in [-0.4, -0.2) is 48.2 Å². The molecule has 19 heavy (non-hydrogen) atoms. The highest BCUT2D eigenvalue weighted by molar-refractivity contribution is 5.83. The Hall–Kier alpha value is -1.89. The van der Waals surface area contributed by atoms with Crippen molar-refractivity contribution >= 4 is 17.5 Å². The van der Waals surface area contributed by atoms with Crippen molar-refractivity contribution in [2.24, 2.45) is 5.73 Å². The normalized spacial score (nSPS) is 19.2. The summed E-state index contributed by atoms with van der Waals surface area (Å²) in [6.07, 6.45) is 2.50. The topological polar surface area (TPSA) is 93.4 Å².